The molecule has 1 fully saturated rings. The average Bonchev–Trinajstić information content (AvgIpc) is 2.54. The van der Waals surface area contributed by atoms with Crippen molar-refractivity contribution in [2.75, 3.05) is 5.75 Å². The first-order valence-corrected chi connectivity index (χ1v) is 7.21. The normalized spacial score (nSPS) is 21.3. The number of hydrogen-bond donors (Lipinski definition) is 1. The summed E-state index contributed by atoms with van der Waals surface area (Å²) in [5.41, 5.74) is 5.58. The van der Waals surface area contributed by atoms with Crippen LogP contribution in [0.4, 0.5) is 0 Å². The van der Waals surface area contributed by atoms with E-state index in [2.05, 4.69) is 0 Å². The van der Waals surface area contributed by atoms with Crippen LogP contribution in [-0.2, 0) is 9.84 Å². The van der Waals surface area contributed by atoms with Crippen molar-refractivity contribution in [2.45, 2.75) is 56.7 Å². The van der Waals surface area contributed by atoms with Gasteiger partial charge in [-0.1, -0.05) is 12.8 Å². The smallest absolute Gasteiger partial charge is 0.153 e. The van der Waals surface area contributed by atoms with Gasteiger partial charge in [0, 0.05) is 6.04 Å². The van der Waals surface area contributed by atoms with Crippen LogP contribution in [-0.4, -0.2) is 25.5 Å². The van der Waals surface area contributed by atoms with Gasteiger partial charge in [0.1, 0.15) is 0 Å². The zero-order chi connectivity index (χ0) is 10.6. The molecule has 0 aliphatic heterocycles. The third-order valence-corrected chi connectivity index (χ3v) is 5.24. The van der Waals surface area contributed by atoms with Gasteiger partial charge in [-0.3, -0.25) is 0 Å². The van der Waals surface area contributed by atoms with E-state index in [-0.39, 0.29) is 11.3 Å². The van der Waals surface area contributed by atoms with Crippen molar-refractivity contribution in [1.82, 2.24) is 0 Å². The summed E-state index contributed by atoms with van der Waals surface area (Å²) in [6, 6.07) is 0.119. The van der Waals surface area contributed by atoms with E-state index in [1.807, 2.05) is 6.92 Å². The fourth-order valence-electron chi connectivity index (χ4n) is 2.02. The minimum Gasteiger partial charge on any atom is -0.328 e. The molecule has 0 aromatic carbocycles. The van der Waals surface area contributed by atoms with Gasteiger partial charge in [-0.05, 0) is 32.6 Å². The van der Waals surface area contributed by atoms with E-state index < -0.39 is 9.84 Å². The van der Waals surface area contributed by atoms with E-state index in [0.717, 1.165) is 38.5 Å². The molecular weight excluding hydrogens is 198 g/mol. The number of rotatable bonds is 5. The molecule has 0 radical (unpaired) electrons. The molecule has 1 aliphatic carbocycles. The van der Waals surface area contributed by atoms with Gasteiger partial charge in [0.2, 0.25) is 0 Å². The summed E-state index contributed by atoms with van der Waals surface area (Å²) in [5.74, 6) is 0.333. The van der Waals surface area contributed by atoms with Crippen LogP contribution in [0.5, 0.6) is 0 Å². The monoisotopic (exact) mass is 219 g/mol. The Morgan fingerprint density at radius 1 is 1.36 bits per heavy atom. The molecule has 0 bridgehead atoms. The Hall–Kier alpha value is -0.0900. The van der Waals surface area contributed by atoms with Gasteiger partial charge in [-0.25, -0.2) is 8.42 Å². The van der Waals surface area contributed by atoms with Gasteiger partial charge in [-0.15, -0.1) is 0 Å². The second-order valence-electron chi connectivity index (χ2n) is 4.39. The Kier molecular flexibility index (Phi) is 4.38. The van der Waals surface area contributed by atoms with E-state index in [1.165, 1.54) is 0 Å². The minimum absolute atomic E-state index is 0.0458. The second-order valence-corrected chi connectivity index (χ2v) is 6.79. The summed E-state index contributed by atoms with van der Waals surface area (Å²) < 4.78 is 23.5. The highest BCUT2D eigenvalue weighted by Crippen LogP contribution is 2.25. The van der Waals surface area contributed by atoms with Crippen LogP contribution in [0, 0.1) is 0 Å². The summed E-state index contributed by atoms with van der Waals surface area (Å²) in [6.07, 6.45) is 5.44. The van der Waals surface area contributed by atoms with Crippen LogP contribution >= 0.6 is 0 Å². The van der Waals surface area contributed by atoms with Gasteiger partial charge in [0.15, 0.2) is 9.84 Å². The molecule has 1 unspecified atom stereocenters. The molecular formula is C10H21NO2S. The molecule has 0 saturated heterocycles. The third kappa shape index (κ3) is 3.58. The summed E-state index contributed by atoms with van der Waals surface area (Å²) in [6.45, 7) is 1.92. The number of nitrogens with two attached hydrogens (primary N) is 1. The van der Waals surface area contributed by atoms with E-state index in [1.54, 1.807) is 0 Å². The van der Waals surface area contributed by atoms with Crippen LogP contribution in [0.3, 0.4) is 0 Å². The molecule has 84 valence electrons. The Balaban J connectivity index is 2.34. The van der Waals surface area contributed by atoms with Gasteiger partial charge < -0.3 is 5.73 Å². The third-order valence-electron chi connectivity index (χ3n) is 2.90. The molecule has 0 aromatic rings. The van der Waals surface area contributed by atoms with Crippen molar-refractivity contribution in [1.29, 1.82) is 0 Å². The molecule has 0 heterocycles. The lowest BCUT2D eigenvalue weighted by atomic mass is 10.2. The topological polar surface area (TPSA) is 60.2 Å². The molecule has 2 N–H and O–H groups in total. The second kappa shape index (κ2) is 5.12. The lowest BCUT2D eigenvalue weighted by molar-refractivity contribution is 0.570. The summed E-state index contributed by atoms with van der Waals surface area (Å²) in [5, 5.41) is -0.0458. The standard InChI is InChI=1S/C10H21NO2S/c1-9(11)5-4-8-14(12,13)10-6-2-3-7-10/h9-10H,2-8,11H2,1H3. The van der Waals surface area contributed by atoms with E-state index in [9.17, 15) is 8.42 Å². The van der Waals surface area contributed by atoms with Crippen molar-refractivity contribution in [2.24, 2.45) is 5.73 Å². The molecule has 14 heavy (non-hydrogen) atoms. The Bertz CT molecular complexity index is 253. The zero-order valence-corrected chi connectivity index (χ0v) is 9.72. The summed E-state index contributed by atoms with van der Waals surface area (Å²) in [4.78, 5) is 0. The van der Waals surface area contributed by atoms with Crippen LogP contribution in [0.25, 0.3) is 0 Å². The maximum Gasteiger partial charge on any atom is 0.153 e. The predicted octanol–water partition coefficient (Wildman–Crippen LogP) is 1.47. The highest BCUT2D eigenvalue weighted by Gasteiger charge is 2.27. The molecule has 0 amide bonds. The van der Waals surface area contributed by atoms with Crippen molar-refractivity contribution in [3.05, 3.63) is 0 Å². The summed E-state index contributed by atoms with van der Waals surface area (Å²) in [7, 11) is -2.81. The van der Waals surface area contributed by atoms with Crippen molar-refractivity contribution < 1.29 is 8.42 Å². The molecule has 1 rings (SSSR count). The minimum atomic E-state index is -2.81. The molecule has 1 aliphatic rings. The Labute approximate surface area is 87.0 Å². The Morgan fingerprint density at radius 3 is 2.43 bits per heavy atom. The largest absolute Gasteiger partial charge is 0.328 e. The van der Waals surface area contributed by atoms with Crippen molar-refractivity contribution in [3.8, 4) is 0 Å². The highest BCUT2D eigenvalue weighted by atomic mass is 32.2. The first-order chi connectivity index (χ1) is 6.52. The summed E-state index contributed by atoms with van der Waals surface area (Å²) >= 11 is 0. The highest BCUT2D eigenvalue weighted by molar-refractivity contribution is 7.92. The van der Waals surface area contributed by atoms with Gasteiger partial charge in [0.25, 0.3) is 0 Å². The average molecular weight is 219 g/mol. The Morgan fingerprint density at radius 2 is 1.93 bits per heavy atom. The number of hydrogen-bond acceptors (Lipinski definition) is 3. The van der Waals surface area contributed by atoms with E-state index in [4.69, 9.17) is 5.73 Å². The fourth-order valence-corrected chi connectivity index (χ4v) is 3.97. The maximum atomic E-state index is 11.8. The quantitative estimate of drug-likeness (QED) is 0.761. The van der Waals surface area contributed by atoms with Gasteiger partial charge in [-0.2, -0.15) is 0 Å². The van der Waals surface area contributed by atoms with Gasteiger partial charge >= 0.3 is 0 Å². The first-order valence-electron chi connectivity index (χ1n) is 5.49. The zero-order valence-electron chi connectivity index (χ0n) is 8.91. The van der Waals surface area contributed by atoms with Crippen LogP contribution < -0.4 is 5.73 Å². The molecule has 0 aromatic heterocycles. The molecule has 4 heteroatoms. The van der Waals surface area contributed by atoms with E-state index >= 15 is 0 Å². The van der Waals surface area contributed by atoms with E-state index in [0.29, 0.717) is 5.75 Å². The predicted molar refractivity (Wildman–Crippen MR) is 58.9 cm³/mol. The lowest BCUT2D eigenvalue weighted by Crippen LogP contribution is -2.23. The van der Waals surface area contributed by atoms with Crippen molar-refractivity contribution >= 4 is 9.84 Å². The maximum absolute atomic E-state index is 11.8. The SMILES string of the molecule is CC(N)CCCS(=O)(=O)C1CCCC1. The first kappa shape index (κ1) is 12.0. The van der Waals surface area contributed by atoms with Crippen LogP contribution in [0.1, 0.15) is 45.4 Å². The molecule has 3 nitrogen and oxygen atoms in total. The molecule has 0 spiro atoms. The van der Waals surface area contributed by atoms with Crippen LogP contribution in [0.2, 0.25) is 0 Å². The van der Waals surface area contributed by atoms with Crippen molar-refractivity contribution in [3.63, 3.8) is 0 Å². The lowest BCUT2D eigenvalue weighted by Gasteiger charge is -2.11. The van der Waals surface area contributed by atoms with Gasteiger partial charge in [0.05, 0.1) is 11.0 Å². The van der Waals surface area contributed by atoms with Crippen LogP contribution in [0.15, 0.2) is 0 Å². The fraction of sp³-hybridized carbons (Fsp3) is 1.00. The molecule has 1 atom stereocenters. The number of sulfone groups is 1. The molecule has 1 saturated carbocycles.